The van der Waals surface area contributed by atoms with Crippen LogP contribution in [0.2, 0.25) is 0 Å². The van der Waals surface area contributed by atoms with Gasteiger partial charge >= 0.3 is 6.18 Å². The molecule has 158 valence electrons. The Kier molecular flexibility index (Phi) is 5.05. The second kappa shape index (κ2) is 7.71. The number of ether oxygens (including phenoxy) is 1. The summed E-state index contributed by atoms with van der Waals surface area (Å²) in [6.45, 7) is 0. The summed E-state index contributed by atoms with van der Waals surface area (Å²) in [5.74, 6) is 0.502. The lowest BCUT2D eigenvalue weighted by atomic mass is 10.1. The fraction of sp³-hybridized carbons (Fsp3) is 0.143. The molecule has 1 aromatic carbocycles. The molecule has 7 nitrogen and oxygen atoms in total. The Morgan fingerprint density at radius 3 is 2.48 bits per heavy atom. The highest BCUT2D eigenvalue weighted by Crippen LogP contribution is 2.31. The predicted octanol–water partition coefficient (Wildman–Crippen LogP) is 4.10. The molecule has 0 radical (unpaired) electrons. The topological polar surface area (TPSA) is 72.6 Å². The summed E-state index contributed by atoms with van der Waals surface area (Å²) in [5.41, 5.74) is 0.879. The van der Waals surface area contributed by atoms with E-state index in [4.69, 9.17) is 4.74 Å². The number of methoxy groups -OCH3 is 1. The van der Waals surface area contributed by atoms with Gasteiger partial charge in [0.2, 0.25) is 0 Å². The molecule has 0 fully saturated rings. The molecule has 4 aromatic rings. The van der Waals surface area contributed by atoms with E-state index >= 15 is 0 Å². The van der Waals surface area contributed by atoms with Crippen LogP contribution in [-0.2, 0) is 6.18 Å². The fourth-order valence-electron chi connectivity index (χ4n) is 3.03. The first kappa shape index (κ1) is 20.3. The van der Waals surface area contributed by atoms with Gasteiger partial charge in [-0.15, -0.1) is 0 Å². The minimum Gasteiger partial charge on any atom is -0.497 e. The van der Waals surface area contributed by atoms with E-state index in [1.165, 1.54) is 48.9 Å². The molecule has 1 amide bonds. The third-order valence-electron chi connectivity index (χ3n) is 4.72. The molecule has 3 aromatic heterocycles. The number of hydrogen-bond acceptors (Lipinski definition) is 5. The Hall–Kier alpha value is -3.95. The van der Waals surface area contributed by atoms with Gasteiger partial charge in [-0.25, -0.2) is 15.0 Å². The number of fused-ring (bicyclic) bond motifs is 1. The molecule has 0 aliphatic rings. The van der Waals surface area contributed by atoms with Crippen molar-refractivity contribution >= 4 is 17.4 Å². The van der Waals surface area contributed by atoms with Gasteiger partial charge in [0.05, 0.1) is 30.8 Å². The van der Waals surface area contributed by atoms with Gasteiger partial charge in [0.1, 0.15) is 17.3 Å². The first-order valence-corrected chi connectivity index (χ1v) is 9.07. The summed E-state index contributed by atoms with van der Waals surface area (Å²) in [6.07, 6.45) is 1.54. The summed E-state index contributed by atoms with van der Waals surface area (Å²) in [7, 11) is 3.07. The average molecular weight is 427 g/mol. The van der Waals surface area contributed by atoms with Crippen molar-refractivity contribution in [1.82, 2.24) is 19.4 Å². The van der Waals surface area contributed by atoms with E-state index in [1.54, 1.807) is 23.6 Å². The number of imidazole rings is 1. The van der Waals surface area contributed by atoms with Gasteiger partial charge in [-0.2, -0.15) is 13.2 Å². The van der Waals surface area contributed by atoms with Crippen LogP contribution in [-0.4, -0.2) is 39.4 Å². The van der Waals surface area contributed by atoms with Crippen LogP contribution in [0.4, 0.5) is 19.0 Å². The molecule has 0 bridgehead atoms. The van der Waals surface area contributed by atoms with Crippen molar-refractivity contribution in [3.8, 4) is 17.0 Å². The van der Waals surface area contributed by atoms with E-state index in [-0.39, 0.29) is 5.69 Å². The van der Waals surface area contributed by atoms with Crippen LogP contribution in [0.5, 0.6) is 5.75 Å². The zero-order valence-corrected chi connectivity index (χ0v) is 16.5. The van der Waals surface area contributed by atoms with Gasteiger partial charge in [0, 0.05) is 31.1 Å². The number of anilines is 1. The van der Waals surface area contributed by atoms with Gasteiger partial charge in [0.25, 0.3) is 5.91 Å². The zero-order valence-electron chi connectivity index (χ0n) is 16.5. The van der Waals surface area contributed by atoms with Crippen molar-refractivity contribution in [1.29, 1.82) is 0 Å². The molecule has 10 heteroatoms. The van der Waals surface area contributed by atoms with Gasteiger partial charge in [0.15, 0.2) is 5.65 Å². The van der Waals surface area contributed by atoms with Crippen molar-refractivity contribution in [3.63, 3.8) is 0 Å². The molecule has 0 aliphatic heterocycles. The van der Waals surface area contributed by atoms with Crippen LogP contribution < -0.4 is 9.64 Å². The van der Waals surface area contributed by atoms with Crippen LogP contribution in [0.1, 0.15) is 16.1 Å². The Morgan fingerprint density at radius 2 is 1.81 bits per heavy atom. The normalized spacial score (nSPS) is 11.5. The Labute approximate surface area is 174 Å². The van der Waals surface area contributed by atoms with Crippen molar-refractivity contribution in [2.24, 2.45) is 0 Å². The predicted molar refractivity (Wildman–Crippen MR) is 107 cm³/mol. The number of pyridine rings is 1. The maximum absolute atomic E-state index is 12.9. The minimum absolute atomic E-state index is 0.116. The lowest BCUT2D eigenvalue weighted by Gasteiger charge is -2.16. The maximum atomic E-state index is 12.9. The zero-order chi connectivity index (χ0) is 22.2. The van der Waals surface area contributed by atoms with E-state index in [1.807, 2.05) is 0 Å². The number of aromatic nitrogens is 4. The van der Waals surface area contributed by atoms with Crippen molar-refractivity contribution in [2.75, 3.05) is 19.1 Å². The van der Waals surface area contributed by atoms with Crippen molar-refractivity contribution in [3.05, 3.63) is 72.4 Å². The fourth-order valence-corrected chi connectivity index (χ4v) is 3.03. The van der Waals surface area contributed by atoms with Gasteiger partial charge in [-0.05, 0) is 18.2 Å². The molecular weight excluding hydrogens is 411 g/mol. The number of carbonyl (C=O) groups is 1. The summed E-state index contributed by atoms with van der Waals surface area (Å²) in [4.78, 5) is 26.8. The number of halogens is 3. The third kappa shape index (κ3) is 3.91. The average Bonchev–Trinajstić information content (AvgIpc) is 3.21. The Balaban J connectivity index is 1.68. The summed E-state index contributed by atoms with van der Waals surface area (Å²) < 4.78 is 45.3. The highest BCUT2D eigenvalue weighted by molar-refractivity contribution is 6.03. The van der Waals surface area contributed by atoms with Crippen LogP contribution in [0, 0.1) is 0 Å². The quantitative estimate of drug-likeness (QED) is 0.491. The molecule has 0 spiro atoms. The Bertz CT molecular complexity index is 1250. The third-order valence-corrected chi connectivity index (χ3v) is 4.72. The van der Waals surface area contributed by atoms with E-state index in [2.05, 4.69) is 15.0 Å². The second-order valence-electron chi connectivity index (χ2n) is 6.64. The molecule has 4 rings (SSSR count). The monoisotopic (exact) mass is 427 g/mol. The highest BCUT2D eigenvalue weighted by Gasteiger charge is 2.30. The van der Waals surface area contributed by atoms with Crippen LogP contribution >= 0.6 is 0 Å². The van der Waals surface area contributed by atoms with Gasteiger partial charge in [-0.1, -0.05) is 12.1 Å². The molecule has 0 saturated heterocycles. The van der Waals surface area contributed by atoms with Crippen LogP contribution in [0.3, 0.4) is 0 Å². The molecule has 31 heavy (non-hydrogen) atoms. The van der Waals surface area contributed by atoms with E-state index in [9.17, 15) is 18.0 Å². The number of alkyl halides is 3. The van der Waals surface area contributed by atoms with Crippen LogP contribution in [0.15, 0.2) is 61.2 Å². The first-order chi connectivity index (χ1) is 14.8. The lowest BCUT2D eigenvalue weighted by molar-refractivity contribution is -0.137. The van der Waals surface area contributed by atoms with Gasteiger partial charge < -0.3 is 4.74 Å². The number of nitrogens with zero attached hydrogens (tertiary/aromatic N) is 5. The number of rotatable bonds is 4. The van der Waals surface area contributed by atoms with E-state index in [0.717, 1.165) is 12.1 Å². The highest BCUT2D eigenvalue weighted by atomic mass is 19.4. The number of hydrogen-bond donors (Lipinski definition) is 0. The standard InChI is InChI=1S/C21H16F3N5O2/c1-28(18-9-15(31-2)7-8-25-18)20(30)16-12-29-17(10-27-19(29)11-26-16)13-3-5-14(6-4-13)21(22,23)24/h3-12H,1-2H3. The molecule has 0 unspecified atom stereocenters. The summed E-state index contributed by atoms with van der Waals surface area (Å²) in [5, 5.41) is 0. The molecule has 0 saturated carbocycles. The second-order valence-corrected chi connectivity index (χ2v) is 6.64. The lowest BCUT2D eigenvalue weighted by Crippen LogP contribution is -2.28. The molecule has 3 heterocycles. The van der Waals surface area contributed by atoms with E-state index < -0.39 is 17.6 Å². The van der Waals surface area contributed by atoms with E-state index in [0.29, 0.717) is 28.5 Å². The smallest absolute Gasteiger partial charge is 0.416 e. The largest absolute Gasteiger partial charge is 0.497 e. The first-order valence-electron chi connectivity index (χ1n) is 9.07. The SMILES string of the molecule is COc1ccnc(N(C)C(=O)c2cn3c(-c4ccc(C(F)(F)F)cc4)cnc3cn2)c1. The Morgan fingerprint density at radius 1 is 1.06 bits per heavy atom. The van der Waals surface area contributed by atoms with Crippen molar-refractivity contribution < 1.29 is 22.7 Å². The molecule has 0 aliphatic carbocycles. The van der Waals surface area contributed by atoms with Crippen molar-refractivity contribution in [2.45, 2.75) is 6.18 Å². The minimum atomic E-state index is -4.42. The molecule has 0 N–H and O–H groups in total. The number of carbonyl (C=O) groups excluding carboxylic acids is 1. The summed E-state index contributed by atoms with van der Waals surface area (Å²) >= 11 is 0. The molecular formula is C21H16F3N5O2. The van der Waals surface area contributed by atoms with Crippen LogP contribution in [0.25, 0.3) is 16.9 Å². The number of benzene rings is 1. The summed E-state index contributed by atoms with van der Waals surface area (Å²) in [6, 6.07) is 8.00. The maximum Gasteiger partial charge on any atom is 0.416 e. The van der Waals surface area contributed by atoms with Gasteiger partial charge in [-0.3, -0.25) is 14.1 Å². The molecule has 0 atom stereocenters. The number of amides is 1.